The molecular weight excluding hydrogens is 491 g/mol. The summed E-state index contributed by atoms with van der Waals surface area (Å²) in [5.74, 6) is -2.88. The average molecular weight is 518 g/mol. The maximum absolute atomic E-state index is 13.9. The summed E-state index contributed by atoms with van der Waals surface area (Å²) in [5.41, 5.74) is 1.62. The van der Waals surface area contributed by atoms with E-state index in [1.807, 2.05) is 38.3 Å². The summed E-state index contributed by atoms with van der Waals surface area (Å²) in [6.45, 7) is 7.48. The molecule has 0 amide bonds. The van der Waals surface area contributed by atoms with E-state index in [0.29, 0.717) is 23.7 Å². The Morgan fingerprint density at radius 1 is 1.19 bits per heavy atom. The number of aliphatic hydroxyl groups is 1. The van der Waals surface area contributed by atoms with E-state index in [0.717, 1.165) is 23.0 Å². The molecule has 0 spiro atoms. The van der Waals surface area contributed by atoms with E-state index in [-0.39, 0.29) is 12.2 Å². The zero-order valence-electron chi connectivity index (χ0n) is 20.4. The molecule has 9 heteroatoms. The van der Waals surface area contributed by atoms with Gasteiger partial charge >= 0.3 is 0 Å². The Bertz CT molecular complexity index is 1300. The van der Waals surface area contributed by atoms with E-state index in [1.165, 1.54) is 6.07 Å². The summed E-state index contributed by atoms with van der Waals surface area (Å²) in [6, 6.07) is 3.97. The predicted octanol–water partition coefficient (Wildman–Crippen LogP) is 6.23. The first kappa shape index (κ1) is 25.9. The van der Waals surface area contributed by atoms with Gasteiger partial charge in [-0.1, -0.05) is 17.7 Å². The lowest BCUT2D eigenvalue weighted by Gasteiger charge is -2.35. The topological polar surface area (TPSA) is 48.8 Å². The lowest BCUT2D eigenvalue weighted by Crippen LogP contribution is -2.39. The number of hydrogen-bond acceptors (Lipinski definition) is 5. The van der Waals surface area contributed by atoms with Crippen LogP contribution in [-0.2, 0) is 11.3 Å². The highest BCUT2D eigenvalue weighted by molar-refractivity contribution is 6.24. The molecular formula is C27H27ClF3N3O2. The zero-order chi connectivity index (χ0) is 26.2. The molecule has 1 aromatic carbocycles. The first-order chi connectivity index (χ1) is 17.0. The Balaban J connectivity index is 1.51. The number of benzene rings is 1. The second-order valence-electron chi connectivity index (χ2n) is 9.22. The maximum Gasteiger partial charge on any atom is 0.194 e. The van der Waals surface area contributed by atoms with Gasteiger partial charge in [0.2, 0.25) is 0 Å². The molecule has 1 N–H and O–H groups in total. The first-order valence-corrected chi connectivity index (χ1v) is 11.8. The standard InChI is InChI=1S/C27H27ClF3N3O2/c1-16-14-32-23(34-10-5-6-20(26(34)28)27(3,4)35)13-22(16)33-11-9-19(12-17(33)2)36-15-18-7-8-21(29)25(31)24(18)30/h5-10,12-14,26,35H,11,15H2,1-4H3. The summed E-state index contributed by atoms with van der Waals surface area (Å²) in [6.07, 6.45) is 10.8. The number of ether oxygens (including phenoxy) is 1. The van der Waals surface area contributed by atoms with Gasteiger partial charge in [0.25, 0.3) is 0 Å². The minimum Gasteiger partial charge on any atom is -0.489 e. The van der Waals surface area contributed by atoms with Crippen LogP contribution in [-0.4, -0.2) is 27.7 Å². The molecule has 2 aromatic rings. The van der Waals surface area contributed by atoms with Crippen molar-refractivity contribution in [3.8, 4) is 0 Å². The van der Waals surface area contributed by atoms with Gasteiger partial charge in [0.05, 0.1) is 5.60 Å². The highest BCUT2D eigenvalue weighted by Gasteiger charge is 2.32. The molecule has 0 aliphatic carbocycles. The van der Waals surface area contributed by atoms with Crippen molar-refractivity contribution < 1.29 is 23.0 Å². The van der Waals surface area contributed by atoms with Gasteiger partial charge in [0.1, 0.15) is 23.7 Å². The normalized spacial score (nSPS) is 18.1. The third-order valence-electron chi connectivity index (χ3n) is 6.11. The molecule has 1 atom stereocenters. The fourth-order valence-electron chi connectivity index (χ4n) is 4.06. The van der Waals surface area contributed by atoms with Crippen LogP contribution < -0.4 is 9.80 Å². The van der Waals surface area contributed by atoms with E-state index in [2.05, 4.69) is 9.88 Å². The van der Waals surface area contributed by atoms with E-state index in [4.69, 9.17) is 16.3 Å². The van der Waals surface area contributed by atoms with Crippen LogP contribution in [0.5, 0.6) is 0 Å². The molecule has 0 radical (unpaired) electrons. The molecule has 1 unspecified atom stereocenters. The van der Waals surface area contributed by atoms with Crippen molar-refractivity contribution >= 4 is 23.1 Å². The maximum atomic E-state index is 13.9. The lowest BCUT2D eigenvalue weighted by molar-refractivity contribution is 0.116. The zero-order valence-corrected chi connectivity index (χ0v) is 21.2. The van der Waals surface area contributed by atoms with Crippen molar-refractivity contribution in [3.05, 3.63) is 101 Å². The van der Waals surface area contributed by atoms with Gasteiger partial charge in [-0.05, 0) is 69.2 Å². The number of aromatic nitrogens is 1. The van der Waals surface area contributed by atoms with Crippen LogP contribution in [0.4, 0.5) is 24.7 Å². The second-order valence-corrected chi connectivity index (χ2v) is 9.63. The Morgan fingerprint density at radius 3 is 2.64 bits per heavy atom. The van der Waals surface area contributed by atoms with E-state index < -0.39 is 28.6 Å². The van der Waals surface area contributed by atoms with Crippen molar-refractivity contribution in [2.24, 2.45) is 0 Å². The molecule has 0 saturated heterocycles. The molecule has 0 fully saturated rings. The van der Waals surface area contributed by atoms with Crippen molar-refractivity contribution in [3.63, 3.8) is 0 Å². The van der Waals surface area contributed by atoms with E-state index >= 15 is 0 Å². The van der Waals surface area contributed by atoms with Gasteiger partial charge in [0.15, 0.2) is 17.5 Å². The quantitative estimate of drug-likeness (QED) is 0.280. The molecule has 36 heavy (non-hydrogen) atoms. The predicted molar refractivity (Wildman–Crippen MR) is 135 cm³/mol. The fraction of sp³-hybridized carbons (Fsp3) is 0.296. The number of hydrogen-bond donors (Lipinski definition) is 1. The number of alkyl halides is 1. The summed E-state index contributed by atoms with van der Waals surface area (Å²) >= 11 is 6.69. The molecule has 4 rings (SSSR count). The molecule has 2 aliphatic rings. The van der Waals surface area contributed by atoms with Gasteiger partial charge in [-0.2, -0.15) is 0 Å². The highest BCUT2D eigenvalue weighted by atomic mass is 35.5. The van der Waals surface area contributed by atoms with Crippen LogP contribution in [0.3, 0.4) is 0 Å². The SMILES string of the molecule is CC1=CC(OCc2ccc(F)c(F)c2F)=CCN1c1cc(N2C=CC=C(C(C)(C)O)C2Cl)ncc1C. The fourth-order valence-corrected chi connectivity index (χ4v) is 4.57. The minimum absolute atomic E-state index is 0.0670. The van der Waals surface area contributed by atoms with Gasteiger partial charge in [-0.15, -0.1) is 0 Å². The molecule has 190 valence electrons. The van der Waals surface area contributed by atoms with Crippen LogP contribution in [0.2, 0.25) is 0 Å². The molecule has 2 aliphatic heterocycles. The number of allylic oxidation sites excluding steroid dienone is 4. The molecule has 1 aromatic heterocycles. The number of halogens is 4. The van der Waals surface area contributed by atoms with Crippen molar-refractivity contribution in [1.82, 2.24) is 4.98 Å². The first-order valence-electron chi connectivity index (χ1n) is 11.4. The van der Waals surface area contributed by atoms with Crippen molar-refractivity contribution in [1.29, 1.82) is 0 Å². The molecule has 0 saturated carbocycles. The summed E-state index contributed by atoms with van der Waals surface area (Å²) in [5, 5.41) is 10.5. The summed E-state index contributed by atoms with van der Waals surface area (Å²) < 4.78 is 46.3. The molecule has 3 heterocycles. The summed E-state index contributed by atoms with van der Waals surface area (Å²) in [7, 11) is 0. The Hall–Kier alpha value is -3.23. The van der Waals surface area contributed by atoms with Crippen molar-refractivity contribution in [2.75, 3.05) is 16.3 Å². The minimum atomic E-state index is -1.51. The van der Waals surface area contributed by atoms with Gasteiger partial charge < -0.3 is 19.6 Å². The Kier molecular flexibility index (Phi) is 7.20. The van der Waals surface area contributed by atoms with Crippen LogP contribution in [0.25, 0.3) is 0 Å². The number of pyridine rings is 1. The van der Waals surface area contributed by atoms with Crippen LogP contribution in [0.15, 0.2) is 71.9 Å². The lowest BCUT2D eigenvalue weighted by atomic mass is 9.95. The van der Waals surface area contributed by atoms with E-state index in [9.17, 15) is 18.3 Å². The molecule has 0 bridgehead atoms. The highest BCUT2D eigenvalue weighted by Crippen LogP contribution is 2.35. The van der Waals surface area contributed by atoms with Crippen LogP contribution in [0, 0.1) is 24.4 Å². The number of nitrogens with zero attached hydrogens (tertiary/aromatic N) is 3. The van der Waals surface area contributed by atoms with Gasteiger partial charge in [0, 0.05) is 42.0 Å². The van der Waals surface area contributed by atoms with Crippen molar-refractivity contribution in [2.45, 2.75) is 45.4 Å². The van der Waals surface area contributed by atoms with Gasteiger partial charge in [-0.3, -0.25) is 0 Å². The monoisotopic (exact) mass is 517 g/mol. The van der Waals surface area contributed by atoms with E-state index in [1.54, 1.807) is 37.1 Å². The Morgan fingerprint density at radius 2 is 1.94 bits per heavy atom. The third kappa shape index (κ3) is 5.15. The van der Waals surface area contributed by atoms with Crippen LogP contribution >= 0.6 is 11.6 Å². The number of anilines is 2. The smallest absolute Gasteiger partial charge is 0.194 e. The Labute approximate surface area is 213 Å². The average Bonchev–Trinajstić information content (AvgIpc) is 2.82. The number of rotatable bonds is 6. The molecule has 5 nitrogen and oxygen atoms in total. The second kappa shape index (κ2) is 10.0. The van der Waals surface area contributed by atoms with Crippen LogP contribution in [0.1, 0.15) is 31.9 Å². The third-order valence-corrected chi connectivity index (χ3v) is 6.55. The largest absolute Gasteiger partial charge is 0.489 e. The number of aryl methyl sites for hydroxylation is 1. The summed E-state index contributed by atoms with van der Waals surface area (Å²) in [4.78, 5) is 8.41. The van der Waals surface area contributed by atoms with Gasteiger partial charge in [-0.25, -0.2) is 18.2 Å².